The minimum absolute atomic E-state index is 0.0498. The van der Waals surface area contributed by atoms with Crippen LogP contribution in [-0.4, -0.2) is 87.7 Å². The lowest BCUT2D eigenvalue weighted by atomic mass is 10.1. The molecular formula is C32H46N8O4S. The molecule has 3 heterocycles. The van der Waals surface area contributed by atoms with Gasteiger partial charge in [0.25, 0.3) is 6.47 Å². The normalized spacial score (nSPS) is 16.3. The molecule has 0 radical (unpaired) electrons. The van der Waals surface area contributed by atoms with E-state index in [0.29, 0.717) is 23.9 Å². The van der Waals surface area contributed by atoms with Gasteiger partial charge in [-0.25, -0.2) is 18.1 Å². The number of ether oxygens (including phenoxy) is 1. The highest BCUT2D eigenvalue weighted by molar-refractivity contribution is 7.89. The van der Waals surface area contributed by atoms with Gasteiger partial charge in [-0.05, 0) is 103 Å². The van der Waals surface area contributed by atoms with Gasteiger partial charge in [0.1, 0.15) is 11.4 Å². The molecule has 4 N–H and O–H groups in total. The maximum atomic E-state index is 13.0. The Labute approximate surface area is 267 Å². The third kappa shape index (κ3) is 10.7. The van der Waals surface area contributed by atoms with Crippen molar-refractivity contribution in [3.05, 3.63) is 60.3 Å². The van der Waals surface area contributed by atoms with Crippen molar-refractivity contribution >= 4 is 45.3 Å². The van der Waals surface area contributed by atoms with Crippen LogP contribution in [0.2, 0.25) is 0 Å². The fraction of sp³-hybridized carbons (Fsp3) is 0.469. The molecule has 0 bridgehead atoms. The second-order valence-electron chi connectivity index (χ2n) is 12.3. The summed E-state index contributed by atoms with van der Waals surface area (Å²) < 4.78 is 33.3. The van der Waals surface area contributed by atoms with Gasteiger partial charge in [0.05, 0.1) is 4.90 Å². The number of carbonyl (C=O) groups is 1. The Morgan fingerprint density at radius 2 is 1.67 bits per heavy atom. The van der Waals surface area contributed by atoms with Crippen LogP contribution in [0.5, 0.6) is 0 Å². The zero-order valence-electron chi connectivity index (χ0n) is 26.8. The first-order valence-corrected chi connectivity index (χ1v) is 16.8. The number of piperazine rings is 1. The molecule has 2 saturated heterocycles. The van der Waals surface area contributed by atoms with Crippen LogP contribution < -0.4 is 25.6 Å². The number of benzene rings is 2. The molecule has 0 saturated carbocycles. The summed E-state index contributed by atoms with van der Waals surface area (Å²) in [5, 5.41) is 9.80. The van der Waals surface area contributed by atoms with E-state index in [1.807, 2.05) is 45.9 Å². The number of likely N-dealkylation sites (N-methyl/N-ethyl adjacent to an activating group) is 1. The van der Waals surface area contributed by atoms with Crippen molar-refractivity contribution in [2.45, 2.75) is 57.1 Å². The SMILES string of the molecule is CC(C)(C)OC=O.Cc1cnc(Nc2ccc(N3CCN(C)CC3)cc2)nc1Nc1cccc(S(=O)(=O)NC2CCNCC2)c1. The molecule has 12 nitrogen and oxygen atoms in total. The highest BCUT2D eigenvalue weighted by atomic mass is 32.2. The summed E-state index contributed by atoms with van der Waals surface area (Å²) in [6.07, 6.45) is 3.31. The highest BCUT2D eigenvalue weighted by Gasteiger charge is 2.22. The first-order chi connectivity index (χ1) is 21.4. The smallest absolute Gasteiger partial charge is 0.293 e. The van der Waals surface area contributed by atoms with E-state index in [9.17, 15) is 13.2 Å². The Bertz CT molecular complexity index is 1500. The van der Waals surface area contributed by atoms with E-state index in [4.69, 9.17) is 0 Å². The summed E-state index contributed by atoms with van der Waals surface area (Å²) in [7, 11) is -1.46. The van der Waals surface area contributed by atoms with Gasteiger partial charge in [0.15, 0.2) is 0 Å². The molecule has 2 aliphatic heterocycles. The van der Waals surface area contributed by atoms with Crippen molar-refractivity contribution < 1.29 is 17.9 Å². The summed E-state index contributed by atoms with van der Waals surface area (Å²) in [6.45, 7) is 13.6. The molecular weight excluding hydrogens is 592 g/mol. The Kier molecular flexibility index (Phi) is 11.7. The number of nitrogens with one attached hydrogen (secondary N) is 4. The Balaban J connectivity index is 0.000000591. The van der Waals surface area contributed by atoms with E-state index in [2.05, 4.69) is 64.4 Å². The third-order valence-corrected chi connectivity index (χ3v) is 8.95. The van der Waals surface area contributed by atoms with E-state index < -0.39 is 10.0 Å². The summed E-state index contributed by atoms with van der Waals surface area (Å²) in [5.41, 5.74) is 3.28. The maximum Gasteiger partial charge on any atom is 0.293 e. The van der Waals surface area contributed by atoms with Gasteiger partial charge < -0.3 is 30.5 Å². The van der Waals surface area contributed by atoms with Crippen LogP contribution in [0, 0.1) is 6.92 Å². The lowest BCUT2D eigenvalue weighted by Gasteiger charge is -2.34. The first kappa shape index (κ1) is 34.1. The molecule has 0 aliphatic carbocycles. The van der Waals surface area contributed by atoms with Crippen molar-refractivity contribution in [3.63, 3.8) is 0 Å². The molecule has 244 valence electrons. The molecule has 1 aromatic heterocycles. The van der Waals surface area contributed by atoms with Crippen molar-refractivity contribution in [2.75, 3.05) is 61.8 Å². The molecule has 0 unspecified atom stereocenters. The number of hydrogen-bond acceptors (Lipinski definition) is 11. The standard InChI is InChI=1S/C27H36N8O2S.C5H10O2/c1-20-19-29-27(31-21-6-8-24(9-7-21)35-16-14-34(2)15-17-35)32-26(20)30-23-4-3-5-25(18-23)38(36,37)33-22-10-12-28-13-11-22;1-5(2,3)7-4-6/h3-9,18-19,22,28,33H,10-17H2,1-2H3,(H2,29,30,31,32);4H,1-3H3. The Hall–Kier alpha value is -3.78. The number of piperidine rings is 1. The lowest BCUT2D eigenvalue weighted by molar-refractivity contribution is -0.138. The molecule has 0 atom stereocenters. The van der Waals surface area contributed by atoms with E-state index in [1.165, 1.54) is 5.69 Å². The molecule has 0 spiro atoms. The van der Waals surface area contributed by atoms with Crippen molar-refractivity contribution in [3.8, 4) is 0 Å². The van der Waals surface area contributed by atoms with Gasteiger partial charge in [-0.15, -0.1) is 0 Å². The average Bonchev–Trinajstić information content (AvgIpc) is 3.00. The summed E-state index contributed by atoms with van der Waals surface area (Å²) in [6, 6.07) is 15.1. The lowest BCUT2D eigenvalue weighted by Crippen LogP contribution is -2.44. The largest absolute Gasteiger partial charge is 0.462 e. The fourth-order valence-electron chi connectivity index (χ4n) is 4.83. The number of hydrogen-bond donors (Lipinski definition) is 4. The molecule has 5 rings (SSSR count). The molecule has 2 aromatic carbocycles. The second-order valence-corrected chi connectivity index (χ2v) is 14.0. The molecule has 2 fully saturated rings. The first-order valence-electron chi connectivity index (χ1n) is 15.3. The Morgan fingerprint density at radius 1 is 0.978 bits per heavy atom. The molecule has 45 heavy (non-hydrogen) atoms. The number of aromatic nitrogens is 2. The van der Waals surface area contributed by atoms with E-state index >= 15 is 0 Å². The van der Waals surface area contributed by atoms with Crippen LogP contribution in [-0.2, 0) is 19.6 Å². The van der Waals surface area contributed by atoms with Crippen molar-refractivity contribution in [2.24, 2.45) is 0 Å². The second kappa shape index (κ2) is 15.5. The zero-order chi connectivity index (χ0) is 32.5. The van der Waals surface area contributed by atoms with Crippen LogP contribution >= 0.6 is 0 Å². The number of rotatable bonds is 9. The highest BCUT2D eigenvalue weighted by Crippen LogP contribution is 2.25. The van der Waals surface area contributed by atoms with Gasteiger partial charge in [0.2, 0.25) is 16.0 Å². The minimum Gasteiger partial charge on any atom is -0.462 e. The predicted octanol–water partition coefficient (Wildman–Crippen LogP) is 4.01. The van der Waals surface area contributed by atoms with Crippen LogP contribution in [0.1, 0.15) is 39.2 Å². The zero-order valence-corrected chi connectivity index (χ0v) is 27.7. The van der Waals surface area contributed by atoms with Gasteiger partial charge in [-0.3, -0.25) is 4.79 Å². The topological polar surface area (TPSA) is 141 Å². The van der Waals surface area contributed by atoms with E-state index in [1.54, 1.807) is 24.4 Å². The molecule has 13 heteroatoms. The average molecular weight is 639 g/mol. The summed E-state index contributed by atoms with van der Waals surface area (Å²) in [5.74, 6) is 1.07. The third-order valence-electron chi connectivity index (χ3n) is 7.43. The number of carbonyl (C=O) groups excluding carboxylic acids is 1. The van der Waals surface area contributed by atoms with E-state index in [0.717, 1.165) is 63.4 Å². The molecule has 3 aromatic rings. The number of nitrogens with zero attached hydrogens (tertiary/aromatic N) is 4. The van der Waals surface area contributed by atoms with Gasteiger partial charge >= 0.3 is 0 Å². The van der Waals surface area contributed by atoms with Crippen LogP contribution in [0.3, 0.4) is 0 Å². The van der Waals surface area contributed by atoms with Crippen LogP contribution in [0.25, 0.3) is 0 Å². The number of aryl methyl sites for hydroxylation is 1. The van der Waals surface area contributed by atoms with E-state index in [-0.39, 0.29) is 16.5 Å². The molecule has 0 amide bonds. The predicted molar refractivity (Wildman–Crippen MR) is 179 cm³/mol. The summed E-state index contributed by atoms with van der Waals surface area (Å²) in [4.78, 5) is 23.6. The van der Waals surface area contributed by atoms with Crippen LogP contribution in [0.15, 0.2) is 59.6 Å². The molecule has 2 aliphatic rings. The number of anilines is 5. The van der Waals surface area contributed by atoms with Gasteiger partial charge in [-0.1, -0.05) is 6.07 Å². The maximum absolute atomic E-state index is 13.0. The van der Waals surface area contributed by atoms with Crippen molar-refractivity contribution in [1.82, 2.24) is 24.9 Å². The van der Waals surface area contributed by atoms with Gasteiger partial charge in [0, 0.05) is 61.0 Å². The monoisotopic (exact) mass is 638 g/mol. The van der Waals surface area contributed by atoms with Crippen molar-refractivity contribution in [1.29, 1.82) is 0 Å². The Morgan fingerprint density at radius 3 is 2.29 bits per heavy atom. The summed E-state index contributed by atoms with van der Waals surface area (Å²) >= 11 is 0. The quantitative estimate of drug-likeness (QED) is 0.253. The minimum atomic E-state index is -3.62. The van der Waals surface area contributed by atoms with Crippen LogP contribution in [0.4, 0.5) is 28.8 Å². The van der Waals surface area contributed by atoms with Gasteiger partial charge in [-0.2, -0.15) is 4.98 Å². The fourth-order valence-corrected chi connectivity index (χ4v) is 6.18. The number of sulfonamides is 1.